The van der Waals surface area contributed by atoms with Crippen molar-refractivity contribution in [2.24, 2.45) is 5.73 Å². The number of hydrogen-bond donors (Lipinski definition) is 1. The van der Waals surface area contributed by atoms with Gasteiger partial charge in [-0.3, -0.25) is 0 Å². The van der Waals surface area contributed by atoms with Crippen LogP contribution in [0.4, 0.5) is 0 Å². The van der Waals surface area contributed by atoms with E-state index in [0.29, 0.717) is 0 Å². The summed E-state index contributed by atoms with van der Waals surface area (Å²) in [7, 11) is 0. The first-order valence-corrected chi connectivity index (χ1v) is 6.42. The Morgan fingerprint density at radius 2 is 2.53 bits per heavy atom. The molecule has 0 aliphatic carbocycles. The van der Waals surface area contributed by atoms with E-state index in [1.54, 1.807) is 11.3 Å². The second kappa shape index (κ2) is 5.05. The molecule has 0 amide bonds. The van der Waals surface area contributed by atoms with Crippen molar-refractivity contribution < 1.29 is 4.74 Å². The minimum absolute atomic E-state index is 0.104. The fourth-order valence-electron chi connectivity index (χ4n) is 1.98. The first-order chi connectivity index (χ1) is 7.25. The van der Waals surface area contributed by atoms with Gasteiger partial charge in [0.15, 0.2) is 0 Å². The summed E-state index contributed by atoms with van der Waals surface area (Å²) in [5.74, 6) is 0. The van der Waals surface area contributed by atoms with Gasteiger partial charge in [-0.15, -0.1) is 11.3 Å². The van der Waals surface area contributed by atoms with Crippen molar-refractivity contribution in [2.45, 2.75) is 44.8 Å². The van der Waals surface area contributed by atoms with Crippen LogP contribution in [-0.2, 0) is 11.2 Å². The van der Waals surface area contributed by atoms with Crippen LogP contribution in [0.15, 0.2) is 5.38 Å². The van der Waals surface area contributed by atoms with E-state index < -0.39 is 0 Å². The van der Waals surface area contributed by atoms with Crippen molar-refractivity contribution in [1.29, 1.82) is 0 Å². The quantitative estimate of drug-likeness (QED) is 0.856. The van der Waals surface area contributed by atoms with Crippen LogP contribution < -0.4 is 5.73 Å². The van der Waals surface area contributed by atoms with E-state index in [1.165, 1.54) is 12.8 Å². The largest absolute Gasteiger partial charge is 0.377 e. The molecule has 2 heterocycles. The highest BCUT2D eigenvalue weighted by molar-refractivity contribution is 7.09. The molecule has 2 rings (SSSR count). The molecule has 0 bridgehead atoms. The Morgan fingerprint density at radius 3 is 3.13 bits per heavy atom. The van der Waals surface area contributed by atoms with E-state index in [1.807, 2.05) is 6.92 Å². The summed E-state index contributed by atoms with van der Waals surface area (Å²) in [6, 6.07) is 0.104. The number of nitrogens with zero attached hydrogens (tertiary/aromatic N) is 1. The Kier molecular flexibility index (Phi) is 3.72. The average molecular weight is 226 g/mol. The number of aromatic nitrogens is 1. The van der Waals surface area contributed by atoms with E-state index in [0.717, 1.165) is 30.2 Å². The fraction of sp³-hybridized carbons (Fsp3) is 0.727. The Balaban J connectivity index is 1.88. The van der Waals surface area contributed by atoms with E-state index in [-0.39, 0.29) is 12.1 Å². The van der Waals surface area contributed by atoms with Crippen molar-refractivity contribution in [3.8, 4) is 0 Å². The topological polar surface area (TPSA) is 48.1 Å². The number of nitrogens with two attached hydrogens (primary N) is 1. The third-order valence-corrected chi connectivity index (χ3v) is 3.63. The molecule has 3 nitrogen and oxygen atoms in total. The molecular weight excluding hydrogens is 208 g/mol. The second-order valence-electron chi connectivity index (χ2n) is 4.13. The Labute approximate surface area is 94.7 Å². The number of thiazole rings is 1. The SMILES string of the molecule is Cc1nc(CC(N)C2CCCCO2)cs1. The zero-order valence-corrected chi connectivity index (χ0v) is 9.93. The summed E-state index contributed by atoms with van der Waals surface area (Å²) in [6.07, 6.45) is 4.60. The molecular formula is C11H18N2OS. The highest BCUT2D eigenvalue weighted by atomic mass is 32.1. The van der Waals surface area contributed by atoms with Crippen LogP contribution in [0.2, 0.25) is 0 Å². The lowest BCUT2D eigenvalue weighted by Gasteiger charge is -2.27. The Bertz CT molecular complexity index is 307. The number of rotatable bonds is 3. The van der Waals surface area contributed by atoms with Gasteiger partial charge in [-0.05, 0) is 26.2 Å². The normalized spacial score (nSPS) is 24.0. The lowest BCUT2D eigenvalue weighted by Crippen LogP contribution is -2.40. The molecule has 1 saturated heterocycles. The lowest BCUT2D eigenvalue weighted by atomic mass is 9.99. The number of ether oxygens (including phenoxy) is 1. The molecule has 4 heteroatoms. The third-order valence-electron chi connectivity index (χ3n) is 2.80. The maximum Gasteiger partial charge on any atom is 0.0897 e. The van der Waals surface area contributed by atoms with Gasteiger partial charge >= 0.3 is 0 Å². The molecule has 84 valence electrons. The number of aryl methyl sites for hydroxylation is 1. The Morgan fingerprint density at radius 1 is 1.67 bits per heavy atom. The zero-order valence-electron chi connectivity index (χ0n) is 9.11. The van der Waals surface area contributed by atoms with Crippen molar-refractivity contribution in [1.82, 2.24) is 4.98 Å². The van der Waals surface area contributed by atoms with Crippen molar-refractivity contribution in [2.75, 3.05) is 6.61 Å². The molecule has 2 atom stereocenters. The van der Waals surface area contributed by atoms with Crippen molar-refractivity contribution in [3.05, 3.63) is 16.1 Å². The molecule has 15 heavy (non-hydrogen) atoms. The van der Waals surface area contributed by atoms with E-state index in [9.17, 15) is 0 Å². The minimum atomic E-state index is 0.104. The van der Waals surface area contributed by atoms with E-state index in [2.05, 4.69) is 10.4 Å². The van der Waals surface area contributed by atoms with Crippen LogP contribution in [0.5, 0.6) is 0 Å². The maximum atomic E-state index is 6.13. The minimum Gasteiger partial charge on any atom is -0.377 e. The molecule has 0 spiro atoms. The van der Waals surface area contributed by atoms with Gasteiger partial charge in [0.25, 0.3) is 0 Å². The molecule has 1 aliphatic rings. The summed E-state index contributed by atoms with van der Waals surface area (Å²) >= 11 is 1.69. The van der Waals surface area contributed by atoms with Crippen LogP contribution in [0, 0.1) is 6.92 Å². The summed E-state index contributed by atoms with van der Waals surface area (Å²) in [5, 5.41) is 3.21. The Hall–Kier alpha value is -0.450. The first-order valence-electron chi connectivity index (χ1n) is 5.54. The van der Waals surface area contributed by atoms with E-state index >= 15 is 0 Å². The van der Waals surface area contributed by atoms with Gasteiger partial charge in [-0.2, -0.15) is 0 Å². The molecule has 0 aromatic carbocycles. The summed E-state index contributed by atoms with van der Waals surface area (Å²) < 4.78 is 5.67. The van der Waals surface area contributed by atoms with Gasteiger partial charge in [-0.1, -0.05) is 0 Å². The van der Waals surface area contributed by atoms with Gasteiger partial charge in [0.05, 0.1) is 16.8 Å². The molecule has 0 saturated carbocycles. The third kappa shape index (κ3) is 3.00. The fourth-order valence-corrected chi connectivity index (χ4v) is 2.60. The number of hydrogen-bond acceptors (Lipinski definition) is 4. The van der Waals surface area contributed by atoms with E-state index in [4.69, 9.17) is 10.5 Å². The van der Waals surface area contributed by atoms with Crippen LogP contribution in [0.3, 0.4) is 0 Å². The van der Waals surface area contributed by atoms with Gasteiger partial charge in [0, 0.05) is 24.4 Å². The second-order valence-corrected chi connectivity index (χ2v) is 5.19. The van der Waals surface area contributed by atoms with Crippen LogP contribution >= 0.6 is 11.3 Å². The lowest BCUT2D eigenvalue weighted by molar-refractivity contribution is 0.000489. The standard InChI is InChI=1S/C11H18N2OS/c1-8-13-9(7-15-8)6-10(12)11-4-2-3-5-14-11/h7,10-11H,2-6,12H2,1H3. The monoisotopic (exact) mass is 226 g/mol. The summed E-state index contributed by atoms with van der Waals surface area (Å²) in [5.41, 5.74) is 7.24. The first kappa shape index (κ1) is 11.0. The molecule has 1 fully saturated rings. The van der Waals surface area contributed by atoms with Crippen molar-refractivity contribution in [3.63, 3.8) is 0 Å². The smallest absolute Gasteiger partial charge is 0.0897 e. The summed E-state index contributed by atoms with van der Waals surface area (Å²) in [4.78, 5) is 4.43. The summed E-state index contributed by atoms with van der Waals surface area (Å²) in [6.45, 7) is 2.89. The van der Waals surface area contributed by atoms with Gasteiger partial charge in [-0.25, -0.2) is 4.98 Å². The average Bonchev–Trinajstić information content (AvgIpc) is 2.65. The van der Waals surface area contributed by atoms with Gasteiger partial charge in [0.1, 0.15) is 0 Å². The molecule has 2 N–H and O–H groups in total. The molecule has 1 aromatic heterocycles. The van der Waals surface area contributed by atoms with Crippen LogP contribution in [0.1, 0.15) is 30.0 Å². The van der Waals surface area contributed by atoms with Gasteiger partial charge in [0.2, 0.25) is 0 Å². The zero-order chi connectivity index (χ0) is 10.7. The highest BCUT2D eigenvalue weighted by Crippen LogP contribution is 2.18. The molecule has 1 aromatic rings. The predicted molar refractivity (Wildman–Crippen MR) is 62.1 cm³/mol. The predicted octanol–water partition coefficient (Wildman–Crippen LogP) is 1.89. The van der Waals surface area contributed by atoms with Gasteiger partial charge < -0.3 is 10.5 Å². The molecule has 0 radical (unpaired) electrons. The van der Waals surface area contributed by atoms with Crippen LogP contribution in [0.25, 0.3) is 0 Å². The molecule has 1 aliphatic heterocycles. The highest BCUT2D eigenvalue weighted by Gasteiger charge is 2.22. The molecule has 2 unspecified atom stereocenters. The maximum absolute atomic E-state index is 6.13. The van der Waals surface area contributed by atoms with Crippen LogP contribution in [-0.4, -0.2) is 23.7 Å². The van der Waals surface area contributed by atoms with Crippen molar-refractivity contribution >= 4 is 11.3 Å².